The lowest BCUT2D eigenvalue weighted by atomic mass is 9.92. The van der Waals surface area contributed by atoms with Gasteiger partial charge in [-0.25, -0.2) is 15.0 Å². The fourth-order valence-corrected chi connectivity index (χ4v) is 7.35. The van der Waals surface area contributed by atoms with Crippen molar-refractivity contribution in [2.75, 3.05) is 0 Å². The van der Waals surface area contributed by atoms with E-state index in [0.29, 0.717) is 17.5 Å². The van der Waals surface area contributed by atoms with Gasteiger partial charge in [-0.05, 0) is 55.9 Å². The van der Waals surface area contributed by atoms with Crippen molar-refractivity contribution >= 4 is 43.5 Å². The van der Waals surface area contributed by atoms with Crippen molar-refractivity contribution in [1.82, 2.24) is 15.0 Å². The summed E-state index contributed by atoms with van der Waals surface area (Å²) >= 11 is 0. The Balaban J connectivity index is 1.20. The van der Waals surface area contributed by atoms with Crippen molar-refractivity contribution < 1.29 is 4.42 Å². The van der Waals surface area contributed by atoms with E-state index in [4.69, 9.17) is 19.4 Å². The van der Waals surface area contributed by atoms with Gasteiger partial charge in [0, 0.05) is 27.5 Å². The number of aromatic nitrogens is 3. The zero-order chi connectivity index (χ0) is 33.7. The molecular weight excluding hydrogens is 623 g/mol. The first-order valence-electron chi connectivity index (χ1n) is 17.1. The van der Waals surface area contributed by atoms with E-state index in [9.17, 15) is 0 Å². The third-order valence-electron chi connectivity index (χ3n) is 9.77. The van der Waals surface area contributed by atoms with Crippen molar-refractivity contribution in [3.8, 4) is 56.4 Å². The number of furan rings is 1. The molecule has 0 amide bonds. The molecule has 0 aliphatic heterocycles. The van der Waals surface area contributed by atoms with Crippen molar-refractivity contribution in [2.24, 2.45) is 0 Å². The van der Waals surface area contributed by atoms with Crippen LogP contribution < -0.4 is 0 Å². The molecule has 2 aromatic heterocycles. The Morgan fingerprint density at radius 2 is 0.784 bits per heavy atom. The number of hydrogen-bond donors (Lipinski definition) is 0. The smallest absolute Gasteiger partial charge is 0.164 e. The summed E-state index contributed by atoms with van der Waals surface area (Å²) in [6.07, 6.45) is 0. The Morgan fingerprint density at radius 1 is 0.294 bits per heavy atom. The van der Waals surface area contributed by atoms with E-state index in [1.54, 1.807) is 0 Å². The summed E-state index contributed by atoms with van der Waals surface area (Å²) in [5.41, 5.74) is 9.08. The molecule has 0 saturated carbocycles. The van der Waals surface area contributed by atoms with Gasteiger partial charge in [-0.1, -0.05) is 164 Å². The zero-order valence-electron chi connectivity index (χ0n) is 27.5. The van der Waals surface area contributed by atoms with E-state index in [1.165, 1.54) is 21.9 Å². The van der Waals surface area contributed by atoms with Crippen LogP contribution in [0.1, 0.15) is 0 Å². The lowest BCUT2D eigenvalue weighted by Gasteiger charge is -2.14. The third kappa shape index (κ3) is 4.96. The predicted octanol–water partition coefficient (Wildman–Crippen LogP) is 12.4. The summed E-state index contributed by atoms with van der Waals surface area (Å²) in [6.45, 7) is 0. The molecule has 0 fully saturated rings. The Kier molecular flexibility index (Phi) is 6.78. The molecule has 2 heterocycles. The van der Waals surface area contributed by atoms with Crippen molar-refractivity contribution in [3.63, 3.8) is 0 Å². The molecular formula is C47H29N3O. The summed E-state index contributed by atoms with van der Waals surface area (Å²) in [4.78, 5) is 15.6. The molecule has 0 saturated heterocycles. The van der Waals surface area contributed by atoms with Crippen molar-refractivity contribution in [2.45, 2.75) is 0 Å². The van der Waals surface area contributed by atoms with Crippen LogP contribution in [0.4, 0.5) is 0 Å². The van der Waals surface area contributed by atoms with E-state index in [2.05, 4.69) is 140 Å². The number of hydrogen-bond acceptors (Lipinski definition) is 4. The number of nitrogens with zero attached hydrogens (tertiary/aromatic N) is 3. The molecule has 0 aliphatic rings. The lowest BCUT2D eigenvalue weighted by Crippen LogP contribution is -2.01. The lowest BCUT2D eigenvalue weighted by molar-refractivity contribution is 0.669. The monoisotopic (exact) mass is 651 g/mol. The molecule has 0 spiro atoms. The molecule has 8 aromatic carbocycles. The van der Waals surface area contributed by atoms with E-state index in [1.807, 2.05) is 36.4 Å². The summed E-state index contributed by atoms with van der Waals surface area (Å²) < 4.78 is 6.27. The van der Waals surface area contributed by atoms with Crippen LogP contribution in [-0.2, 0) is 0 Å². The highest BCUT2D eigenvalue weighted by Crippen LogP contribution is 2.39. The van der Waals surface area contributed by atoms with E-state index in [-0.39, 0.29) is 0 Å². The first kappa shape index (κ1) is 29.0. The van der Waals surface area contributed by atoms with Gasteiger partial charge in [0.15, 0.2) is 17.5 Å². The maximum absolute atomic E-state index is 6.27. The van der Waals surface area contributed by atoms with Crippen LogP contribution in [0, 0.1) is 0 Å². The summed E-state index contributed by atoms with van der Waals surface area (Å²) in [5, 5.41) is 6.69. The van der Waals surface area contributed by atoms with Gasteiger partial charge in [-0.3, -0.25) is 0 Å². The minimum Gasteiger partial charge on any atom is -0.456 e. The van der Waals surface area contributed by atoms with E-state index in [0.717, 1.165) is 60.5 Å². The molecule has 0 bridgehead atoms. The van der Waals surface area contributed by atoms with Gasteiger partial charge in [0.25, 0.3) is 0 Å². The Morgan fingerprint density at radius 3 is 1.61 bits per heavy atom. The van der Waals surface area contributed by atoms with E-state index >= 15 is 0 Å². The van der Waals surface area contributed by atoms with Crippen LogP contribution >= 0.6 is 0 Å². The minimum atomic E-state index is 0.599. The maximum Gasteiger partial charge on any atom is 0.164 e. The Labute approximate surface area is 294 Å². The van der Waals surface area contributed by atoms with Crippen LogP contribution in [0.3, 0.4) is 0 Å². The first-order valence-corrected chi connectivity index (χ1v) is 17.1. The quantitative estimate of drug-likeness (QED) is 0.186. The number of fused-ring (bicyclic) bond motifs is 5. The highest BCUT2D eigenvalue weighted by Gasteiger charge is 2.19. The van der Waals surface area contributed by atoms with Crippen LogP contribution in [0.2, 0.25) is 0 Å². The molecule has 4 nitrogen and oxygen atoms in total. The molecule has 10 rings (SSSR count). The van der Waals surface area contributed by atoms with Crippen molar-refractivity contribution in [3.05, 3.63) is 176 Å². The van der Waals surface area contributed by atoms with Gasteiger partial charge in [0.1, 0.15) is 11.2 Å². The van der Waals surface area contributed by atoms with Crippen LogP contribution in [0.25, 0.3) is 99.9 Å². The predicted molar refractivity (Wildman–Crippen MR) is 209 cm³/mol. The number of benzene rings is 8. The molecule has 238 valence electrons. The Hall–Kier alpha value is -6.91. The van der Waals surface area contributed by atoms with Gasteiger partial charge in [-0.2, -0.15) is 0 Å². The number of para-hydroxylation sites is 1. The second-order valence-electron chi connectivity index (χ2n) is 12.8. The molecule has 0 N–H and O–H groups in total. The fourth-order valence-electron chi connectivity index (χ4n) is 7.35. The molecule has 0 aliphatic carbocycles. The highest BCUT2D eigenvalue weighted by molar-refractivity contribution is 6.12. The molecule has 51 heavy (non-hydrogen) atoms. The van der Waals surface area contributed by atoms with Gasteiger partial charge in [0.05, 0.1) is 0 Å². The first-order chi connectivity index (χ1) is 25.3. The summed E-state index contributed by atoms with van der Waals surface area (Å²) in [6, 6.07) is 61.1. The van der Waals surface area contributed by atoms with Crippen molar-refractivity contribution in [1.29, 1.82) is 0 Å². The molecule has 10 aromatic rings. The molecule has 0 unspecified atom stereocenters. The normalized spacial score (nSPS) is 11.5. The summed E-state index contributed by atoms with van der Waals surface area (Å²) in [5.74, 6) is 1.83. The van der Waals surface area contributed by atoms with Gasteiger partial charge in [-0.15, -0.1) is 0 Å². The maximum atomic E-state index is 6.27. The fraction of sp³-hybridized carbons (Fsp3) is 0. The van der Waals surface area contributed by atoms with Crippen LogP contribution in [0.15, 0.2) is 180 Å². The standard InChI is InChI=1S/C47H29N3O/c1-2-12-30(13-3-1)31-26-28-33(29-27-31)45-48-46(50-47(49-45)41-23-11-25-43-44(41)40-17-6-7-24-42(40)51-43)39-22-10-20-37-36(19-9-21-38(37)39)35-18-8-15-32-14-4-5-16-34(32)35/h1-29H. The van der Waals surface area contributed by atoms with Gasteiger partial charge in [0.2, 0.25) is 0 Å². The second-order valence-corrected chi connectivity index (χ2v) is 12.8. The van der Waals surface area contributed by atoms with Gasteiger partial charge >= 0.3 is 0 Å². The SMILES string of the molecule is c1ccc(-c2ccc(-c3nc(-c4cccc5c(-c6cccc7ccccc67)cccc45)nc(-c4cccc5oc6ccccc6c45)n3)cc2)cc1. The van der Waals surface area contributed by atoms with Crippen LogP contribution in [0.5, 0.6) is 0 Å². The summed E-state index contributed by atoms with van der Waals surface area (Å²) in [7, 11) is 0. The average Bonchev–Trinajstić information content (AvgIpc) is 3.59. The van der Waals surface area contributed by atoms with E-state index < -0.39 is 0 Å². The topological polar surface area (TPSA) is 51.8 Å². The zero-order valence-corrected chi connectivity index (χ0v) is 27.5. The average molecular weight is 652 g/mol. The van der Waals surface area contributed by atoms with Gasteiger partial charge < -0.3 is 4.42 Å². The molecule has 4 heteroatoms. The largest absolute Gasteiger partial charge is 0.456 e. The van der Waals surface area contributed by atoms with Crippen LogP contribution in [-0.4, -0.2) is 15.0 Å². The third-order valence-corrected chi connectivity index (χ3v) is 9.77. The molecule has 0 atom stereocenters. The minimum absolute atomic E-state index is 0.599. The molecule has 0 radical (unpaired) electrons. The number of rotatable bonds is 5. The Bertz CT molecular complexity index is 2900. The highest BCUT2D eigenvalue weighted by atomic mass is 16.3. The second kappa shape index (κ2) is 11.9.